The number of likely N-dealkylation sites (N-methyl/N-ethyl adjacent to an activating group) is 2. The number of hydrogen-bond donors (Lipinski definition) is 1. The zero-order valence-corrected chi connectivity index (χ0v) is 12.6. The molecule has 0 fully saturated rings. The number of benzene rings is 1. The minimum atomic E-state index is -0.0343. The fourth-order valence-corrected chi connectivity index (χ4v) is 2.39. The lowest BCUT2D eigenvalue weighted by atomic mass is 10.1. The van der Waals surface area contributed by atoms with Crippen LogP contribution in [0, 0.1) is 0 Å². The summed E-state index contributed by atoms with van der Waals surface area (Å²) in [6.07, 6.45) is 0. The molecule has 0 unspecified atom stereocenters. The third kappa shape index (κ3) is 3.19. The van der Waals surface area contributed by atoms with Gasteiger partial charge in [0.25, 0.3) is 5.91 Å². The molecule has 0 saturated heterocycles. The Morgan fingerprint density at radius 3 is 2.89 bits per heavy atom. The smallest absolute Gasteiger partial charge is 0.253 e. The van der Waals surface area contributed by atoms with Gasteiger partial charge in [0.15, 0.2) is 11.5 Å². The van der Waals surface area contributed by atoms with Crippen molar-refractivity contribution in [1.29, 1.82) is 0 Å². The second-order valence-electron chi connectivity index (χ2n) is 4.31. The minimum absolute atomic E-state index is 0.0343. The van der Waals surface area contributed by atoms with E-state index in [0.29, 0.717) is 36.8 Å². The van der Waals surface area contributed by atoms with Gasteiger partial charge in [-0.05, 0) is 35.1 Å². The van der Waals surface area contributed by atoms with E-state index in [1.54, 1.807) is 24.1 Å². The maximum atomic E-state index is 12.3. The van der Waals surface area contributed by atoms with Crippen LogP contribution in [0.3, 0.4) is 0 Å². The van der Waals surface area contributed by atoms with Gasteiger partial charge in [-0.2, -0.15) is 0 Å². The molecule has 5 nitrogen and oxygen atoms in total. The number of rotatable bonds is 4. The first-order valence-corrected chi connectivity index (χ1v) is 6.92. The number of hydrogen-bond acceptors (Lipinski definition) is 4. The first kappa shape index (κ1) is 14.1. The summed E-state index contributed by atoms with van der Waals surface area (Å²) < 4.78 is 11.8. The van der Waals surface area contributed by atoms with Gasteiger partial charge in [-0.25, -0.2) is 0 Å². The fourth-order valence-electron chi connectivity index (χ4n) is 1.84. The molecule has 1 heterocycles. The second-order valence-corrected chi connectivity index (χ2v) is 5.17. The molecule has 1 amide bonds. The molecule has 6 heteroatoms. The lowest BCUT2D eigenvalue weighted by Gasteiger charge is -2.22. The summed E-state index contributed by atoms with van der Waals surface area (Å²) in [6, 6.07) is 3.50. The summed E-state index contributed by atoms with van der Waals surface area (Å²) in [4.78, 5) is 13.9. The van der Waals surface area contributed by atoms with Crippen molar-refractivity contribution in [3.8, 4) is 11.5 Å². The van der Waals surface area contributed by atoms with Gasteiger partial charge < -0.3 is 19.7 Å². The van der Waals surface area contributed by atoms with Crippen molar-refractivity contribution in [3.05, 3.63) is 22.2 Å². The Kier molecular flexibility index (Phi) is 4.66. The van der Waals surface area contributed by atoms with Gasteiger partial charge in [-0.1, -0.05) is 0 Å². The summed E-state index contributed by atoms with van der Waals surface area (Å²) in [5, 5.41) is 3.02. The molecule has 104 valence electrons. The van der Waals surface area contributed by atoms with Crippen molar-refractivity contribution >= 4 is 21.8 Å². The van der Waals surface area contributed by atoms with Gasteiger partial charge in [-0.3, -0.25) is 4.79 Å². The van der Waals surface area contributed by atoms with Crippen LogP contribution in [0.1, 0.15) is 10.4 Å². The molecule has 0 radical (unpaired) electrons. The molecule has 2 rings (SSSR count). The predicted octanol–water partition coefficient (Wildman–Crippen LogP) is 1.51. The van der Waals surface area contributed by atoms with Gasteiger partial charge in [0.2, 0.25) is 0 Å². The van der Waals surface area contributed by atoms with Gasteiger partial charge in [0.1, 0.15) is 13.2 Å². The number of fused-ring (bicyclic) bond motifs is 1. The first-order valence-electron chi connectivity index (χ1n) is 6.12. The van der Waals surface area contributed by atoms with Crippen LogP contribution in [0.25, 0.3) is 0 Å². The number of halogens is 1. The lowest BCUT2D eigenvalue weighted by molar-refractivity contribution is 0.0795. The third-order valence-electron chi connectivity index (χ3n) is 2.89. The van der Waals surface area contributed by atoms with Crippen LogP contribution in [0.4, 0.5) is 0 Å². The molecule has 1 aliphatic rings. The molecule has 1 aromatic rings. The van der Waals surface area contributed by atoms with E-state index < -0.39 is 0 Å². The Labute approximate surface area is 121 Å². The Hall–Kier alpha value is -1.27. The Morgan fingerprint density at radius 2 is 2.16 bits per heavy atom. The van der Waals surface area contributed by atoms with Crippen LogP contribution in [-0.2, 0) is 0 Å². The van der Waals surface area contributed by atoms with E-state index in [4.69, 9.17) is 9.47 Å². The van der Waals surface area contributed by atoms with Crippen molar-refractivity contribution in [2.24, 2.45) is 0 Å². The lowest BCUT2D eigenvalue weighted by Crippen LogP contribution is -2.32. The van der Waals surface area contributed by atoms with Crippen LogP contribution in [0.2, 0.25) is 0 Å². The molecular weight excluding hydrogens is 312 g/mol. The van der Waals surface area contributed by atoms with Crippen molar-refractivity contribution < 1.29 is 14.3 Å². The van der Waals surface area contributed by atoms with E-state index in [-0.39, 0.29) is 5.91 Å². The fraction of sp³-hybridized carbons (Fsp3) is 0.462. The molecule has 19 heavy (non-hydrogen) atoms. The topological polar surface area (TPSA) is 50.8 Å². The normalized spacial score (nSPS) is 13.2. The number of ether oxygens (including phenoxy) is 2. The van der Waals surface area contributed by atoms with E-state index >= 15 is 0 Å². The monoisotopic (exact) mass is 328 g/mol. The zero-order valence-electron chi connectivity index (χ0n) is 11.0. The molecule has 0 spiro atoms. The highest BCUT2D eigenvalue weighted by atomic mass is 79.9. The molecule has 1 aromatic carbocycles. The Bertz CT molecular complexity index is 479. The van der Waals surface area contributed by atoms with E-state index in [9.17, 15) is 4.79 Å². The average Bonchev–Trinajstić information content (AvgIpc) is 2.43. The summed E-state index contributed by atoms with van der Waals surface area (Å²) >= 11 is 3.41. The molecule has 0 aromatic heterocycles. The number of carbonyl (C=O) groups is 1. The number of carbonyl (C=O) groups excluding carboxylic acids is 1. The van der Waals surface area contributed by atoms with Crippen LogP contribution in [0.15, 0.2) is 16.6 Å². The summed E-state index contributed by atoms with van der Waals surface area (Å²) in [5.74, 6) is 1.25. The summed E-state index contributed by atoms with van der Waals surface area (Å²) in [5.41, 5.74) is 0.592. The van der Waals surface area contributed by atoms with Gasteiger partial charge in [0.05, 0.1) is 4.47 Å². The highest BCUT2D eigenvalue weighted by Crippen LogP contribution is 2.38. The van der Waals surface area contributed by atoms with Crippen molar-refractivity contribution in [2.75, 3.05) is 40.4 Å². The molecule has 1 N–H and O–H groups in total. The number of nitrogens with zero attached hydrogens (tertiary/aromatic N) is 1. The number of nitrogens with one attached hydrogen (secondary N) is 1. The Balaban J connectivity index is 2.20. The summed E-state index contributed by atoms with van der Waals surface area (Å²) in [6.45, 7) is 2.45. The molecule has 1 aliphatic heterocycles. The minimum Gasteiger partial charge on any atom is -0.486 e. The van der Waals surface area contributed by atoms with Crippen molar-refractivity contribution in [2.45, 2.75) is 0 Å². The predicted molar refractivity (Wildman–Crippen MR) is 76.0 cm³/mol. The van der Waals surface area contributed by atoms with E-state index in [1.807, 2.05) is 7.05 Å². The number of amides is 1. The van der Waals surface area contributed by atoms with Crippen LogP contribution < -0.4 is 14.8 Å². The second kappa shape index (κ2) is 6.25. The molecule has 0 aliphatic carbocycles. The van der Waals surface area contributed by atoms with Gasteiger partial charge in [0, 0.05) is 25.7 Å². The Morgan fingerprint density at radius 1 is 1.42 bits per heavy atom. The summed E-state index contributed by atoms with van der Waals surface area (Å²) in [7, 11) is 3.64. The maximum Gasteiger partial charge on any atom is 0.253 e. The highest BCUT2D eigenvalue weighted by molar-refractivity contribution is 9.10. The van der Waals surface area contributed by atoms with Crippen molar-refractivity contribution in [3.63, 3.8) is 0 Å². The maximum absolute atomic E-state index is 12.3. The molecule has 0 atom stereocenters. The SMILES string of the molecule is CNCCN(C)C(=O)c1cc(Br)c2c(c1)OCCO2. The zero-order chi connectivity index (χ0) is 13.8. The third-order valence-corrected chi connectivity index (χ3v) is 3.48. The van der Waals surface area contributed by atoms with E-state index in [2.05, 4.69) is 21.2 Å². The molecule has 0 saturated carbocycles. The van der Waals surface area contributed by atoms with Gasteiger partial charge in [-0.15, -0.1) is 0 Å². The van der Waals surface area contributed by atoms with Crippen LogP contribution >= 0.6 is 15.9 Å². The van der Waals surface area contributed by atoms with Crippen molar-refractivity contribution in [1.82, 2.24) is 10.2 Å². The van der Waals surface area contributed by atoms with Gasteiger partial charge >= 0.3 is 0 Å². The van der Waals surface area contributed by atoms with E-state index in [1.165, 1.54) is 0 Å². The first-order chi connectivity index (χ1) is 9.13. The van der Waals surface area contributed by atoms with Crippen LogP contribution in [0.5, 0.6) is 11.5 Å². The largest absolute Gasteiger partial charge is 0.486 e. The molecular formula is C13H17BrN2O3. The highest BCUT2D eigenvalue weighted by Gasteiger charge is 2.20. The van der Waals surface area contributed by atoms with Crippen LogP contribution in [-0.4, -0.2) is 51.2 Å². The molecule has 0 bridgehead atoms. The standard InChI is InChI=1S/C13H17BrN2O3/c1-15-3-4-16(2)13(17)9-7-10(14)12-11(8-9)18-5-6-19-12/h7-8,15H,3-6H2,1-2H3. The quantitative estimate of drug-likeness (QED) is 0.910. The van der Waals surface area contributed by atoms with E-state index in [0.717, 1.165) is 11.0 Å². The average molecular weight is 329 g/mol.